The van der Waals surface area contributed by atoms with E-state index in [0.717, 1.165) is 41.3 Å². The summed E-state index contributed by atoms with van der Waals surface area (Å²) in [6, 6.07) is 8.01. The van der Waals surface area contributed by atoms with Gasteiger partial charge in [0.1, 0.15) is 17.9 Å². The Labute approximate surface area is 183 Å². The lowest BCUT2D eigenvalue weighted by Crippen LogP contribution is -2.45. The third kappa shape index (κ3) is 6.08. The molecule has 0 radical (unpaired) electrons. The normalized spacial score (nSPS) is 17.3. The molecule has 28 heavy (non-hydrogen) atoms. The maximum Gasteiger partial charge on any atom is 0.191 e. The Balaban J connectivity index is 0.00000280. The number of halogens is 1. The summed E-state index contributed by atoms with van der Waals surface area (Å²) in [6.07, 6.45) is 0. The van der Waals surface area contributed by atoms with E-state index in [1.165, 1.54) is 0 Å². The highest BCUT2D eigenvalue weighted by Crippen LogP contribution is 2.25. The molecule has 0 atom stereocenters. The van der Waals surface area contributed by atoms with Crippen LogP contribution in [-0.4, -0.2) is 63.5 Å². The van der Waals surface area contributed by atoms with Crippen molar-refractivity contribution in [1.29, 1.82) is 0 Å². The van der Waals surface area contributed by atoms with E-state index >= 15 is 0 Å². The standard InChI is InChI=1S/C19H28N4O3S.HI/c1-3-20-19(21-8-9-23-10-12-27(24,25)13-11-23)22-14-18-15(2)16-6-4-5-7-17(16)26-18;/h4-7H,3,8-14H2,1-2H3,(H2,20,21,22);1H. The van der Waals surface area contributed by atoms with Crippen LogP contribution in [0.5, 0.6) is 0 Å². The predicted octanol–water partition coefficient (Wildman–Crippen LogP) is 2.14. The largest absolute Gasteiger partial charge is 0.459 e. The number of nitrogens with one attached hydrogen (secondary N) is 2. The van der Waals surface area contributed by atoms with E-state index in [9.17, 15) is 8.42 Å². The van der Waals surface area contributed by atoms with E-state index < -0.39 is 9.84 Å². The Kier molecular flexibility index (Phi) is 8.56. The average Bonchev–Trinajstić information content (AvgIpc) is 2.97. The van der Waals surface area contributed by atoms with Crippen LogP contribution in [0, 0.1) is 6.92 Å². The number of aliphatic imine (C=N–C) groups is 1. The molecule has 3 rings (SSSR count). The van der Waals surface area contributed by atoms with E-state index in [2.05, 4.69) is 33.5 Å². The molecule has 0 bridgehead atoms. The van der Waals surface area contributed by atoms with Crippen LogP contribution >= 0.6 is 24.0 Å². The number of rotatable bonds is 6. The fraction of sp³-hybridized carbons (Fsp3) is 0.526. The molecule has 1 aromatic carbocycles. The van der Waals surface area contributed by atoms with Crippen molar-refractivity contribution in [3.8, 4) is 0 Å². The summed E-state index contributed by atoms with van der Waals surface area (Å²) < 4.78 is 28.9. The third-order valence-corrected chi connectivity index (χ3v) is 6.43. The molecule has 9 heteroatoms. The summed E-state index contributed by atoms with van der Waals surface area (Å²) >= 11 is 0. The molecule has 0 saturated carbocycles. The van der Waals surface area contributed by atoms with Crippen molar-refractivity contribution >= 4 is 50.7 Å². The van der Waals surface area contributed by atoms with Gasteiger partial charge in [-0.2, -0.15) is 0 Å². The third-order valence-electron chi connectivity index (χ3n) is 4.82. The summed E-state index contributed by atoms with van der Waals surface area (Å²) in [5, 5.41) is 7.68. The van der Waals surface area contributed by atoms with Gasteiger partial charge in [0.15, 0.2) is 15.8 Å². The fourth-order valence-corrected chi connectivity index (χ4v) is 4.45. The number of hydrogen-bond donors (Lipinski definition) is 2. The quantitative estimate of drug-likeness (QED) is 0.345. The van der Waals surface area contributed by atoms with Crippen LogP contribution in [0.1, 0.15) is 18.2 Å². The maximum absolute atomic E-state index is 11.5. The van der Waals surface area contributed by atoms with E-state index in [4.69, 9.17) is 4.42 Å². The second kappa shape index (κ2) is 10.4. The minimum Gasteiger partial charge on any atom is -0.459 e. The lowest BCUT2D eigenvalue weighted by molar-refractivity contribution is 0.299. The molecule has 2 N–H and O–H groups in total. The van der Waals surface area contributed by atoms with Crippen molar-refractivity contribution < 1.29 is 12.8 Å². The number of guanidine groups is 1. The number of para-hydroxylation sites is 1. The van der Waals surface area contributed by atoms with Crippen molar-refractivity contribution in [1.82, 2.24) is 15.5 Å². The van der Waals surface area contributed by atoms with E-state index in [-0.39, 0.29) is 35.5 Å². The highest BCUT2D eigenvalue weighted by atomic mass is 127. The Bertz CT molecular complexity index is 897. The van der Waals surface area contributed by atoms with Gasteiger partial charge in [-0.15, -0.1) is 24.0 Å². The van der Waals surface area contributed by atoms with Gasteiger partial charge < -0.3 is 15.1 Å². The van der Waals surface area contributed by atoms with Crippen molar-refractivity contribution in [2.45, 2.75) is 20.4 Å². The second-order valence-electron chi connectivity index (χ2n) is 6.76. The Morgan fingerprint density at radius 1 is 1.21 bits per heavy atom. The minimum atomic E-state index is -2.83. The molecule has 1 saturated heterocycles. The van der Waals surface area contributed by atoms with E-state index in [1.807, 2.05) is 25.1 Å². The topological polar surface area (TPSA) is 86.9 Å². The second-order valence-corrected chi connectivity index (χ2v) is 9.07. The zero-order chi connectivity index (χ0) is 19.3. The lowest BCUT2D eigenvalue weighted by Gasteiger charge is -2.26. The molecule has 0 aliphatic carbocycles. The van der Waals surface area contributed by atoms with Gasteiger partial charge in [0.2, 0.25) is 0 Å². The molecular formula is C19H29IN4O3S. The van der Waals surface area contributed by atoms with Crippen LogP contribution < -0.4 is 10.6 Å². The summed E-state index contributed by atoms with van der Waals surface area (Å²) in [4.78, 5) is 6.80. The molecule has 1 aromatic heterocycles. The van der Waals surface area contributed by atoms with E-state index in [0.29, 0.717) is 26.2 Å². The van der Waals surface area contributed by atoms with Gasteiger partial charge in [0.05, 0.1) is 11.5 Å². The first kappa shape index (κ1) is 23.0. The number of hydrogen-bond acceptors (Lipinski definition) is 5. The minimum absolute atomic E-state index is 0. The molecule has 2 aromatic rings. The van der Waals surface area contributed by atoms with Crippen LogP contribution in [0.3, 0.4) is 0 Å². The maximum atomic E-state index is 11.5. The molecule has 0 spiro atoms. The Morgan fingerprint density at radius 2 is 1.93 bits per heavy atom. The zero-order valence-corrected chi connectivity index (χ0v) is 19.5. The van der Waals surface area contributed by atoms with Gasteiger partial charge >= 0.3 is 0 Å². The first-order chi connectivity index (χ1) is 13.0. The Morgan fingerprint density at radius 3 is 2.61 bits per heavy atom. The highest BCUT2D eigenvalue weighted by molar-refractivity contribution is 14.0. The first-order valence-corrected chi connectivity index (χ1v) is 11.2. The number of nitrogens with zero attached hydrogens (tertiary/aromatic N) is 2. The van der Waals surface area contributed by atoms with Gasteiger partial charge in [0.25, 0.3) is 0 Å². The molecule has 1 aliphatic rings. The number of aryl methyl sites for hydroxylation is 1. The zero-order valence-electron chi connectivity index (χ0n) is 16.4. The SMILES string of the molecule is CCNC(=NCc1oc2ccccc2c1C)NCCN1CCS(=O)(=O)CC1.I. The summed E-state index contributed by atoms with van der Waals surface area (Å²) in [5.41, 5.74) is 2.01. The summed E-state index contributed by atoms with van der Waals surface area (Å²) in [5.74, 6) is 2.12. The number of benzene rings is 1. The van der Waals surface area contributed by atoms with E-state index in [1.54, 1.807) is 0 Å². The average molecular weight is 520 g/mol. The fourth-order valence-electron chi connectivity index (χ4n) is 3.17. The Hall–Kier alpha value is -1.33. The van der Waals surface area contributed by atoms with Crippen LogP contribution in [-0.2, 0) is 16.4 Å². The van der Waals surface area contributed by atoms with Crippen LogP contribution in [0.4, 0.5) is 0 Å². The smallest absolute Gasteiger partial charge is 0.191 e. The number of fused-ring (bicyclic) bond motifs is 1. The number of furan rings is 1. The van der Waals surface area contributed by atoms with Gasteiger partial charge in [-0.25, -0.2) is 13.4 Å². The molecule has 0 unspecified atom stereocenters. The van der Waals surface area contributed by atoms with Crippen molar-refractivity contribution in [3.05, 3.63) is 35.6 Å². The molecule has 7 nitrogen and oxygen atoms in total. The summed E-state index contributed by atoms with van der Waals surface area (Å²) in [7, 11) is -2.83. The first-order valence-electron chi connectivity index (χ1n) is 9.40. The molecule has 0 amide bonds. The molecule has 156 valence electrons. The van der Waals surface area contributed by atoms with Crippen molar-refractivity contribution in [2.75, 3.05) is 44.2 Å². The number of sulfone groups is 1. The van der Waals surface area contributed by atoms with Gasteiger partial charge in [-0.05, 0) is 19.9 Å². The van der Waals surface area contributed by atoms with Crippen molar-refractivity contribution in [2.24, 2.45) is 4.99 Å². The summed E-state index contributed by atoms with van der Waals surface area (Å²) in [6.45, 7) is 8.05. The van der Waals surface area contributed by atoms with Crippen LogP contribution in [0.25, 0.3) is 11.0 Å². The molecule has 1 aliphatic heterocycles. The molecule has 1 fully saturated rings. The van der Waals surface area contributed by atoms with Gasteiger partial charge in [-0.3, -0.25) is 4.90 Å². The molecular weight excluding hydrogens is 491 g/mol. The van der Waals surface area contributed by atoms with Crippen LogP contribution in [0.2, 0.25) is 0 Å². The lowest BCUT2D eigenvalue weighted by atomic mass is 10.1. The van der Waals surface area contributed by atoms with Gasteiger partial charge in [0, 0.05) is 43.7 Å². The monoisotopic (exact) mass is 520 g/mol. The highest BCUT2D eigenvalue weighted by Gasteiger charge is 2.20. The van der Waals surface area contributed by atoms with Gasteiger partial charge in [-0.1, -0.05) is 18.2 Å². The van der Waals surface area contributed by atoms with Crippen LogP contribution in [0.15, 0.2) is 33.7 Å². The molecule has 2 heterocycles. The van der Waals surface area contributed by atoms with Crippen molar-refractivity contribution in [3.63, 3.8) is 0 Å². The predicted molar refractivity (Wildman–Crippen MR) is 124 cm³/mol.